The molecule has 0 bridgehead atoms. The lowest BCUT2D eigenvalue weighted by Crippen LogP contribution is -2.44. The molecule has 3 nitrogen and oxygen atoms in total. The minimum Gasteiger partial charge on any atom is -0.379 e. The van der Waals surface area contributed by atoms with Crippen LogP contribution in [0.5, 0.6) is 0 Å². The van der Waals surface area contributed by atoms with Crippen molar-refractivity contribution < 1.29 is 4.79 Å². The molecule has 2 aliphatic rings. The molecule has 0 radical (unpaired) electrons. The van der Waals surface area contributed by atoms with E-state index in [0.717, 1.165) is 31.5 Å². The molecular formula is C23H34N2O. The average molecular weight is 355 g/mol. The molecule has 1 saturated carbocycles. The molecule has 1 heterocycles. The maximum absolute atomic E-state index is 13.0. The predicted molar refractivity (Wildman–Crippen MR) is 109 cm³/mol. The summed E-state index contributed by atoms with van der Waals surface area (Å²) in [5, 5.41) is 6.90. The van der Waals surface area contributed by atoms with Gasteiger partial charge in [0, 0.05) is 35.3 Å². The Balaban J connectivity index is 1.96. The zero-order chi connectivity index (χ0) is 18.7. The highest BCUT2D eigenvalue weighted by Gasteiger charge is 2.29. The van der Waals surface area contributed by atoms with Crippen LogP contribution in [0.3, 0.4) is 0 Å². The second kappa shape index (κ2) is 7.96. The summed E-state index contributed by atoms with van der Waals surface area (Å²) in [7, 11) is 1.98. The molecule has 0 atom stereocenters. The van der Waals surface area contributed by atoms with Gasteiger partial charge in [-0.1, -0.05) is 31.7 Å². The minimum atomic E-state index is -0.0282. The Morgan fingerprint density at radius 2 is 1.92 bits per heavy atom. The van der Waals surface area contributed by atoms with E-state index < -0.39 is 0 Å². The Kier molecular flexibility index (Phi) is 5.86. The van der Waals surface area contributed by atoms with Gasteiger partial charge in [-0.2, -0.15) is 0 Å². The molecule has 2 N–H and O–H groups in total. The molecule has 3 rings (SSSR count). The van der Waals surface area contributed by atoms with Gasteiger partial charge in [0.25, 0.3) is 0 Å². The molecule has 0 spiro atoms. The van der Waals surface area contributed by atoms with Gasteiger partial charge in [-0.25, -0.2) is 0 Å². The molecule has 1 fully saturated rings. The fraction of sp³-hybridized carbons (Fsp3) is 0.609. The third-order valence-electron chi connectivity index (χ3n) is 5.87. The smallest absolute Gasteiger partial charge is 0.160 e. The Morgan fingerprint density at radius 1 is 1.23 bits per heavy atom. The molecule has 0 amide bonds. The van der Waals surface area contributed by atoms with Crippen LogP contribution in [0, 0.1) is 12.8 Å². The summed E-state index contributed by atoms with van der Waals surface area (Å²) in [6.45, 7) is 7.47. The number of carbonyl (C=O) groups excluding carboxylic acids is 1. The highest BCUT2D eigenvalue weighted by Crippen LogP contribution is 2.33. The molecule has 1 aliphatic heterocycles. The SMILES string of the molecule is CNCc1cc2c(cc1C)CC(C)(C)NC2=CC(=O)C1CCCCCC1. The van der Waals surface area contributed by atoms with E-state index in [4.69, 9.17) is 0 Å². The first-order valence-corrected chi connectivity index (χ1v) is 10.2. The first-order valence-electron chi connectivity index (χ1n) is 10.2. The van der Waals surface area contributed by atoms with E-state index in [1.54, 1.807) is 0 Å². The van der Waals surface area contributed by atoms with Crippen molar-refractivity contribution in [2.24, 2.45) is 5.92 Å². The number of hydrogen-bond acceptors (Lipinski definition) is 3. The first kappa shape index (κ1) is 19.2. The Hall–Kier alpha value is -1.61. The molecule has 0 aromatic heterocycles. The summed E-state index contributed by atoms with van der Waals surface area (Å²) < 4.78 is 0. The molecular weight excluding hydrogens is 320 g/mol. The van der Waals surface area contributed by atoms with Crippen LogP contribution >= 0.6 is 0 Å². The Bertz CT molecular complexity index is 694. The highest BCUT2D eigenvalue weighted by molar-refractivity contribution is 5.98. The first-order chi connectivity index (χ1) is 12.4. The van der Waals surface area contributed by atoms with Crippen LogP contribution < -0.4 is 10.6 Å². The number of ketones is 1. The van der Waals surface area contributed by atoms with Crippen molar-refractivity contribution in [2.45, 2.75) is 77.8 Å². The monoisotopic (exact) mass is 354 g/mol. The Labute approximate surface area is 158 Å². The zero-order valence-electron chi connectivity index (χ0n) is 16.9. The number of hydrogen-bond donors (Lipinski definition) is 2. The van der Waals surface area contributed by atoms with Gasteiger partial charge < -0.3 is 10.6 Å². The molecule has 0 unspecified atom stereocenters. The molecule has 1 aromatic carbocycles. The van der Waals surface area contributed by atoms with E-state index in [9.17, 15) is 4.79 Å². The van der Waals surface area contributed by atoms with Gasteiger partial charge >= 0.3 is 0 Å². The van der Waals surface area contributed by atoms with E-state index in [0.29, 0.717) is 5.78 Å². The predicted octanol–water partition coefficient (Wildman–Crippen LogP) is 4.52. The highest BCUT2D eigenvalue weighted by atomic mass is 16.1. The van der Waals surface area contributed by atoms with Crippen LogP contribution in [-0.2, 0) is 17.8 Å². The summed E-state index contributed by atoms with van der Waals surface area (Å²) >= 11 is 0. The number of nitrogens with one attached hydrogen (secondary N) is 2. The fourth-order valence-electron chi connectivity index (χ4n) is 4.48. The second-order valence-corrected chi connectivity index (χ2v) is 8.80. The van der Waals surface area contributed by atoms with Gasteiger partial charge in [-0.15, -0.1) is 0 Å². The summed E-state index contributed by atoms with van der Waals surface area (Å²) in [5.41, 5.74) is 6.18. The number of carbonyl (C=O) groups is 1. The summed E-state index contributed by atoms with van der Waals surface area (Å²) in [6, 6.07) is 4.59. The largest absolute Gasteiger partial charge is 0.379 e. The molecule has 0 saturated heterocycles. The van der Waals surface area contributed by atoms with Crippen LogP contribution in [0.4, 0.5) is 0 Å². The van der Waals surface area contributed by atoms with Crippen molar-refractivity contribution in [3.63, 3.8) is 0 Å². The lowest BCUT2D eigenvalue weighted by Gasteiger charge is -2.36. The third kappa shape index (κ3) is 4.37. The quantitative estimate of drug-likeness (QED) is 0.617. The van der Waals surface area contributed by atoms with Crippen LogP contribution in [0.2, 0.25) is 0 Å². The van der Waals surface area contributed by atoms with Gasteiger partial charge in [0.05, 0.1) is 0 Å². The number of aryl methyl sites for hydroxylation is 1. The fourth-order valence-corrected chi connectivity index (χ4v) is 4.48. The number of benzene rings is 1. The summed E-state index contributed by atoms with van der Waals surface area (Å²) in [4.78, 5) is 13.0. The van der Waals surface area contributed by atoms with Crippen molar-refractivity contribution in [1.29, 1.82) is 0 Å². The molecule has 1 aromatic rings. The van der Waals surface area contributed by atoms with Crippen molar-refractivity contribution >= 4 is 11.5 Å². The van der Waals surface area contributed by atoms with Gasteiger partial charge in [0.15, 0.2) is 5.78 Å². The van der Waals surface area contributed by atoms with E-state index in [-0.39, 0.29) is 11.5 Å². The summed E-state index contributed by atoms with van der Waals surface area (Å²) in [6.07, 6.45) is 9.95. The topological polar surface area (TPSA) is 41.1 Å². The molecule has 1 aliphatic carbocycles. The number of rotatable bonds is 4. The number of fused-ring (bicyclic) bond motifs is 1. The normalized spacial score (nSPS) is 21.8. The maximum atomic E-state index is 13.0. The summed E-state index contributed by atoms with van der Waals surface area (Å²) in [5.74, 6) is 0.524. The molecule has 3 heteroatoms. The van der Waals surface area contributed by atoms with Crippen LogP contribution in [0.25, 0.3) is 5.70 Å². The van der Waals surface area contributed by atoms with Gasteiger partial charge in [0.2, 0.25) is 0 Å². The van der Waals surface area contributed by atoms with Crippen molar-refractivity contribution in [1.82, 2.24) is 10.6 Å². The lowest BCUT2D eigenvalue weighted by atomic mass is 9.83. The van der Waals surface area contributed by atoms with Crippen molar-refractivity contribution in [3.8, 4) is 0 Å². The average Bonchev–Trinajstić information content (AvgIpc) is 2.85. The van der Waals surface area contributed by atoms with E-state index in [1.807, 2.05) is 13.1 Å². The number of allylic oxidation sites excluding steroid dienone is 1. The third-order valence-corrected chi connectivity index (χ3v) is 5.87. The zero-order valence-corrected chi connectivity index (χ0v) is 16.9. The van der Waals surface area contributed by atoms with Crippen molar-refractivity contribution in [2.75, 3.05) is 7.05 Å². The Morgan fingerprint density at radius 3 is 2.58 bits per heavy atom. The van der Waals surface area contributed by atoms with Gasteiger partial charge in [0.1, 0.15) is 0 Å². The van der Waals surface area contributed by atoms with Gasteiger partial charge in [-0.05, 0) is 69.8 Å². The second-order valence-electron chi connectivity index (χ2n) is 8.80. The van der Waals surface area contributed by atoms with E-state index >= 15 is 0 Å². The minimum absolute atomic E-state index is 0.0282. The lowest BCUT2D eigenvalue weighted by molar-refractivity contribution is -0.118. The van der Waals surface area contributed by atoms with Crippen LogP contribution in [-0.4, -0.2) is 18.4 Å². The van der Waals surface area contributed by atoms with Crippen LogP contribution in [0.15, 0.2) is 18.2 Å². The van der Waals surface area contributed by atoms with E-state index in [1.165, 1.54) is 47.9 Å². The molecule has 142 valence electrons. The van der Waals surface area contributed by atoms with Crippen molar-refractivity contribution in [3.05, 3.63) is 40.5 Å². The molecule has 26 heavy (non-hydrogen) atoms. The van der Waals surface area contributed by atoms with E-state index in [2.05, 4.69) is 43.5 Å². The van der Waals surface area contributed by atoms with Gasteiger partial charge in [-0.3, -0.25) is 4.79 Å². The maximum Gasteiger partial charge on any atom is 0.160 e. The van der Waals surface area contributed by atoms with Crippen LogP contribution in [0.1, 0.15) is 74.6 Å². The standard InChI is InChI=1S/C23H34N2O/c1-16-11-18-14-23(2,3)25-21(20(18)12-19(16)15-24-4)13-22(26)17-9-7-5-6-8-10-17/h11-13,17,24-25H,5-10,14-15H2,1-4H3.